The Morgan fingerprint density at radius 2 is 1.57 bits per heavy atom. The summed E-state index contributed by atoms with van der Waals surface area (Å²) in [4.78, 5) is 36.7. The lowest BCUT2D eigenvalue weighted by Crippen LogP contribution is -2.56. The average Bonchev–Trinajstić information content (AvgIpc) is 2.56. The van der Waals surface area contributed by atoms with Crippen molar-refractivity contribution < 1.29 is 27.9 Å². The van der Waals surface area contributed by atoms with Gasteiger partial charge in [-0.1, -0.05) is 34.6 Å². The van der Waals surface area contributed by atoms with Crippen LogP contribution in [0.2, 0.25) is 0 Å². The van der Waals surface area contributed by atoms with Crippen LogP contribution in [0.3, 0.4) is 0 Å². The quantitative estimate of drug-likeness (QED) is 0.487. The van der Waals surface area contributed by atoms with Gasteiger partial charge in [0.1, 0.15) is 12.1 Å². The van der Waals surface area contributed by atoms with Crippen LogP contribution in [0.1, 0.15) is 41.0 Å². The van der Waals surface area contributed by atoms with Crippen LogP contribution in [-0.2, 0) is 19.4 Å². The summed E-state index contributed by atoms with van der Waals surface area (Å²) < 4.78 is 23.0. The summed E-state index contributed by atoms with van der Waals surface area (Å²) in [7, 11) is -3.35. The number of urea groups is 1. The zero-order valence-corrected chi connectivity index (χ0v) is 19.0. The van der Waals surface area contributed by atoms with Crippen molar-refractivity contribution in [1.29, 1.82) is 0 Å². The second-order valence-electron chi connectivity index (χ2n) is 8.72. The minimum atomic E-state index is -3.35. The Kier molecular flexibility index (Phi) is 8.41. The first-order valence-corrected chi connectivity index (χ1v) is 11.4. The lowest BCUT2D eigenvalue weighted by Gasteiger charge is -2.30. The zero-order chi connectivity index (χ0) is 23.3. The van der Waals surface area contributed by atoms with E-state index in [0.29, 0.717) is 12.1 Å². The highest BCUT2D eigenvalue weighted by molar-refractivity contribution is 7.90. The van der Waals surface area contributed by atoms with E-state index >= 15 is 0 Å². The second-order valence-corrected chi connectivity index (χ2v) is 10.7. The number of benzene rings is 1. The molecular formula is C20H31N3O6S. The van der Waals surface area contributed by atoms with E-state index in [9.17, 15) is 27.9 Å². The molecule has 1 unspecified atom stereocenters. The molecule has 0 aromatic heterocycles. The predicted molar refractivity (Wildman–Crippen MR) is 114 cm³/mol. The van der Waals surface area contributed by atoms with Crippen molar-refractivity contribution in [3.63, 3.8) is 0 Å². The van der Waals surface area contributed by atoms with Gasteiger partial charge in [-0.2, -0.15) is 0 Å². The topological polar surface area (TPSA) is 142 Å². The van der Waals surface area contributed by atoms with Gasteiger partial charge in [0, 0.05) is 11.9 Å². The Hall–Kier alpha value is -2.62. The number of rotatable bonds is 8. The molecular weight excluding hydrogens is 410 g/mol. The van der Waals surface area contributed by atoms with E-state index in [4.69, 9.17) is 0 Å². The molecule has 0 aliphatic carbocycles. The molecule has 2 atom stereocenters. The molecule has 1 aromatic carbocycles. The Bertz CT molecular complexity index is 873. The lowest BCUT2D eigenvalue weighted by atomic mass is 9.86. The van der Waals surface area contributed by atoms with Crippen LogP contribution in [0.25, 0.3) is 0 Å². The summed E-state index contributed by atoms with van der Waals surface area (Å²) in [6.45, 7) is 8.85. The Morgan fingerprint density at radius 3 is 1.97 bits per heavy atom. The van der Waals surface area contributed by atoms with Crippen LogP contribution in [0, 0.1) is 11.3 Å². The molecule has 3 amide bonds. The highest BCUT2D eigenvalue weighted by Gasteiger charge is 2.35. The zero-order valence-electron chi connectivity index (χ0n) is 18.1. The third-order valence-corrected chi connectivity index (χ3v) is 5.40. The molecule has 1 aromatic rings. The van der Waals surface area contributed by atoms with Gasteiger partial charge in [0.05, 0.1) is 4.90 Å². The molecule has 0 radical (unpaired) electrons. The minimum Gasteiger partial charge on any atom is -0.480 e. The first-order chi connectivity index (χ1) is 13.6. The van der Waals surface area contributed by atoms with Gasteiger partial charge >= 0.3 is 12.0 Å². The number of amides is 3. The third-order valence-electron chi connectivity index (χ3n) is 4.27. The van der Waals surface area contributed by atoms with Crippen molar-refractivity contribution in [2.45, 2.75) is 58.0 Å². The van der Waals surface area contributed by atoms with Crippen LogP contribution in [0.5, 0.6) is 0 Å². The molecule has 0 aliphatic rings. The fourth-order valence-electron chi connectivity index (χ4n) is 2.71. The van der Waals surface area contributed by atoms with E-state index in [1.54, 1.807) is 20.8 Å². The number of anilines is 1. The van der Waals surface area contributed by atoms with Crippen LogP contribution >= 0.6 is 0 Å². The number of hydrogen-bond acceptors (Lipinski definition) is 5. The molecule has 10 heteroatoms. The third kappa shape index (κ3) is 8.02. The van der Waals surface area contributed by atoms with Crippen molar-refractivity contribution >= 4 is 33.4 Å². The molecule has 1 rings (SSSR count). The van der Waals surface area contributed by atoms with Gasteiger partial charge in [-0.05, 0) is 42.0 Å². The van der Waals surface area contributed by atoms with Gasteiger partial charge in [0.2, 0.25) is 5.91 Å². The van der Waals surface area contributed by atoms with E-state index in [1.807, 2.05) is 13.8 Å². The van der Waals surface area contributed by atoms with Crippen molar-refractivity contribution in [3.8, 4) is 0 Å². The van der Waals surface area contributed by atoms with Crippen molar-refractivity contribution in [1.82, 2.24) is 10.6 Å². The van der Waals surface area contributed by atoms with E-state index in [2.05, 4.69) is 16.0 Å². The van der Waals surface area contributed by atoms with E-state index in [0.717, 1.165) is 6.26 Å². The molecule has 0 saturated heterocycles. The summed E-state index contributed by atoms with van der Waals surface area (Å²) in [6.07, 6.45) is 1.39. The number of carboxylic acid groups (broad SMARTS) is 1. The Labute approximate surface area is 177 Å². The number of carbonyl (C=O) groups is 3. The van der Waals surface area contributed by atoms with Gasteiger partial charge in [0.15, 0.2) is 9.84 Å². The maximum atomic E-state index is 12.7. The van der Waals surface area contributed by atoms with Crippen molar-refractivity contribution in [3.05, 3.63) is 24.3 Å². The highest BCUT2D eigenvalue weighted by atomic mass is 32.2. The number of nitrogens with one attached hydrogen (secondary N) is 3. The van der Waals surface area contributed by atoms with Gasteiger partial charge < -0.3 is 21.1 Å². The van der Waals surface area contributed by atoms with Crippen LogP contribution in [0.15, 0.2) is 29.2 Å². The van der Waals surface area contributed by atoms with Gasteiger partial charge in [-0.15, -0.1) is 0 Å². The molecule has 30 heavy (non-hydrogen) atoms. The van der Waals surface area contributed by atoms with Crippen molar-refractivity contribution in [2.24, 2.45) is 11.3 Å². The summed E-state index contributed by atoms with van der Waals surface area (Å²) in [5.74, 6) is -1.68. The summed E-state index contributed by atoms with van der Waals surface area (Å²) in [6, 6.07) is 2.89. The lowest BCUT2D eigenvalue weighted by molar-refractivity contribution is -0.145. The van der Waals surface area contributed by atoms with Crippen LogP contribution in [-0.4, -0.2) is 49.8 Å². The molecule has 168 valence electrons. The molecule has 9 nitrogen and oxygen atoms in total. The second kappa shape index (κ2) is 9.92. The average molecular weight is 442 g/mol. The van der Waals surface area contributed by atoms with Gasteiger partial charge in [0.25, 0.3) is 0 Å². The maximum absolute atomic E-state index is 12.7. The van der Waals surface area contributed by atoms with E-state index < -0.39 is 45.2 Å². The SMILES string of the molecule is CC(C)C[C@H](NC(=O)Nc1ccc(S(C)(=O)=O)cc1)C(=O)NC(C(=O)O)C(C)(C)C. The van der Waals surface area contributed by atoms with Crippen LogP contribution in [0.4, 0.5) is 10.5 Å². The largest absolute Gasteiger partial charge is 0.480 e. The first kappa shape index (κ1) is 25.4. The fourth-order valence-corrected chi connectivity index (χ4v) is 3.34. The number of hydrogen-bond donors (Lipinski definition) is 4. The Balaban J connectivity index is 2.90. The number of carboxylic acids is 1. The fraction of sp³-hybridized carbons (Fsp3) is 0.550. The number of aliphatic carboxylic acids is 1. The van der Waals surface area contributed by atoms with Crippen molar-refractivity contribution in [2.75, 3.05) is 11.6 Å². The molecule has 4 N–H and O–H groups in total. The summed E-state index contributed by atoms with van der Waals surface area (Å²) >= 11 is 0. The predicted octanol–water partition coefficient (Wildman–Crippen LogP) is 2.24. The molecule has 0 bridgehead atoms. The highest BCUT2D eigenvalue weighted by Crippen LogP contribution is 2.20. The Morgan fingerprint density at radius 1 is 1.03 bits per heavy atom. The monoisotopic (exact) mass is 441 g/mol. The van der Waals surface area contributed by atoms with E-state index in [1.165, 1.54) is 24.3 Å². The number of carbonyl (C=O) groups excluding carboxylic acids is 2. The van der Waals surface area contributed by atoms with E-state index in [-0.39, 0.29) is 10.8 Å². The molecule has 0 saturated carbocycles. The molecule has 0 aliphatic heterocycles. The standard InChI is InChI=1S/C20H31N3O6S/c1-12(2)11-15(17(24)23-16(18(25)26)20(3,4)5)22-19(27)21-13-7-9-14(10-8-13)30(6,28)29/h7-10,12,15-16H,11H2,1-6H3,(H,23,24)(H,25,26)(H2,21,22,27)/t15-,16?/m0/s1. The molecule has 0 spiro atoms. The van der Waals surface area contributed by atoms with Gasteiger partial charge in [-0.25, -0.2) is 18.0 Å². The smallest absolute Gasteiger partial charge is 0.326 e. The minimum absolute atomic E-state index is 0.0630. The number of sulfone groups is 1. The normalized spacial score (nSPS) is 14.0. The first-order valence-electron chi connectivity index (χ1n) is 9.52. The summed E-state index contributed by atoms with van der Waals surface area (Å²) in [5, 5.41) is 17.0. The molecule has 0 fully saturated rings. The van der Waals surface area contributed by atoms with Gasteiger partial charge in [-0.3, -0.25) is 4.79 Å². The van der Waals surface area contributed by atoms with Crippen LogP contribution < -0.4 is 16.0 Å². The maximum Gasteiger partial charge on any atom is 0.326 e. The molecule has 0 heterocycles. The summed E-state index contributed by atoms with van der Waals surface area (Å²) in [5.41, 5.74) is -0.366.